The number of hydrogen-bond donors (Lipinski definition) is 0. The molecular weight excluding hydrogens is 388 g/mol. The number of rotatable bonds is 3. The second-order valence-electron chi connectivity index (χ2n) is 9.09. The minimum absolute atomic E-state index is 0. The van der Waals surface area contributed by atoms with Crippen molar-refractivity contribution in [1.29, 1.82) is 0 Å². The van der Waals surface area contributed by atoms with Gasteiger partial charge in [0.1, 0.15) is 0 Å². The maximum atomic E-state index is 5.71. The first-order valence-electron chi connectivity index (χ1n) is 12.1. The van der Waals surface area contributed by atoms with Gasteiger partial charge in [0.15, 0.2) is 17.4 Å². The highest BCUT2D eigenvalue weighted by Gasteiger charge is 2.47. The third kappa shape index (κ3) is 10.8. The second kappa shape index (κ2) is 16.7. The van der Waals surface area contributed by atoms with Gasteiger partial charge in [0, 0.05) is 21.6 Å². The van der Waals surface area contributed by atoms with Crippen LogP contribution >= 0.6 is 0 Å². The Morgan fingerprint density at radius 1 is 0.862 bits per heavy atom. The summed E-state index contributed by atoms with van der Waals surface area (Å²) in [6, 6.07) is 0. The van der Waals surface area contributed by atoms with Gasteiger partial charge in [-0.15, -0.1) is 0 Å². The zero-order valence-corrected chi connectivity index (χ0v) is 19.0. The Balaban J connectivity index is -0.0000000587. The topological polar surface area (TPSA) is 18.5 Å². The van der Waals surface area contributed by atoms with Crippen LogP contribution in [0.4, 0.5) is 0 Å². The Kier molecular flexibility index (Phi) is 18.1. The molecule has 4 aliphatic carbocycles. The zero-order valence-electron chi connectivity index (χ0n) is 20.9. The highest BCUT2D eigenvalue weighted by atomic mass is 28.4. The molecule has 3 saturated carbocycles. The van der Waals surface area contributed by atoms with Crippen molar-refractivity contribution in [2.75, 3.05) is 14.2 Å². The van der Waals surface area contributed by atoms with Crippen LogP contribution in [0.3, 0.4) is 0 Å². The van der Waals surface area contributed by atoms with E-state index < -0.39 is 17.4 Å². The molecule has 0 amide bonds. The summed E-state index contributed by atoms with van der Waals surface area (Å²) in [7, 11) is 1.73. The lowest BCUT2D eigenvalue weighted by atomic mass is 10.0. The number of allylic oxidation sites excluding steroid dienone is 2. The van der Waals surface area contributed by atoms with E-state index in [1.54, 1.807) is 7.11 Å². The van der Waals surface area contributed by atoms with E-state index >= 15 is 0 Å². The zero-order chi connectivity index (χ0) is 21.7. The molecule has 5 unspecified atom stereocenters. The van der Waals surface area contributed by atoms with Crippen molar-refractivity contribution < 1.29 is 16.2 Å². The van der Waals surface area contributed by atoms with Crippen molar-refractivity contribution >= 4 is 17.4 Å². The minimum Gasteiger partial charge on any atom is -0.424 e. The van der Waals surface area contributed by atoms with Gasteiger partial charge in [-0.05, 0) is 87.5 Å². The number of hydrogen-bond acceptors (Lipinski definition) is 2. The first kappa shape index (κ1) is 31.3. The van der Waals surface area contributed by atoms with Gasteiger partial charge in [-0.2, -0.15) is 0 Å². The molecule has 0 radical (unpaired) electrons. The molecule has 4 aliphatic rings. The van der Waals surface area contributed by atoms with Crippen molar-refractivity contribution in [1.82, 2.24) is 0 Å². The minimum atomic E-state index is -1.30. The van der Waals surface area contributed by atoms with Crippen LogP contribution in [0, 0.1) is 23.7 Å². The van der Waals surface area contributed by atoms with E-state index in [1.807, 2.05) is 7.11 Å². The molecule has 0 aromatic rings. The SMILES string of the molecule is C.C.C.C.C.C1=CC2CCC1C2.CO[SiH](C)C.CO[Si](C)(C)C1CC2CCC1C2.[2H][2H].[2H][2H].[HH]. The van der Waals surface area contributed by atoms with E-state index in [4.69, 9.17) is 14.8 Å². The van der Waals surface area contributed by atoms with E-state index in [-0.39, 0.29) is 38.6 Å². The van der Waals surface area contributed by atoms with Crippen LogP contribution in [0.25, 0.3) is 0 Å². The van der Waals surface area contributed by atoms with Crippen molar-refractivity contribution in [3.63, 3.8) is 0 Å². The third-order valence-corrected chi connectivity index (χ3v) is 11.3. The lowest BCUT2D eigenvalue weighted by molar-refractivity contribution is 0.356. The van der Waals surface area contributed by atoms with Gasteiger partial charge < -0.3 is 8.85 Å². The standard InChI is InChI=1S/C10H20OSi.C7H10.C3H10OSi.5CH4.3H2/c1-11-12(2,3)10-7-8-4-5-9(10)6-8;1-2-7-4-3-6(1)5-7;1-4-5(2)3;;;;;;;;/h8-10H,4-7H2,1-3H3;1-2,6-7H,3-5H2;5H,1-3H3;5*1H4;3*1H/i;;;;;;;;2*1+1D;. The summed E-state index contributed by atoms with van der Waals surface area (Å²) >= 11 is 0. The Hall–Kier alpha value is 0.0938. The molecule has 0 aromatic carbocycles. The van der Waals surface area contributed by atoms with Crippen LogP contribution in [-0.2, 0) is 8.85 Å². The molecule has 0 saturated heterocycles. The molecular formula is C25H66O2Si2. The number of fused-ring (bicyclic) bond motifs is 4. The summed E-state index contributed by atoms with van der Waals surface area (Å²) in [4.78, 5) is 0. The second-order valence-corrected chi connectivity index (χ2v) is 16.0. The molecule has 3 fully saturated rings. The first-order valence-corrected chi connectivity index (χ1v) is 15.9. The maximum Gasteiger partial charge on any atom is 0.189 e. The van der Waals surface area contributed by atoms with E-state index in [2.05, 4.69) is 38.3 Å². The Morgan fingerprint density at radius 2 is 1.34 bits per heavy atom. The summed E-state index contributed by atoms with van der Waals surface area (Å²) in [6.45, 7) is 9.05. The summed E-state index contributed by atoms with van der Waals surface area (Å²) in [5.41, 5.74) is 0.973. The van der Waals surface area contributed by atoms with Gasteiger partial charge in [0.05, 0.1) is 0 Å². The van der Waals surface area contributed by atoms with E-state index in [0.717, 1.165) is 29.2 Å². The molecule has 4 heteroatoms. The fourth-order valence-electron chi connectivity index (χ4n) is 4.96. The molecule has 2 nitrogen and oxygen atoms in total. The third-order valence-electron chi connectivity index (χ3n) is 6.80. The summed E-state index contributed by atoms with van der Waals surface area (Å²) in [6.07, 6.45) is 15.2. The van der Waals surface area contributed by atoms with E-state index in [9.17, 15) is 0 Å². The predicted molar refractivity (Wildman–Crippen MR) is 150 cm³/mol. The van der Waals surface area contributed by atoms with E-state index in [1.165, 1.54) is 44.9 Å². The normalized spacial score (nSPS) is 30.1. The van der Waals surface area contributed by atoms with Crippen LogP contribution in [0.2, 0.25) is 31.7 Å². The van der Waals surface area contributed by atoms with Gasteiger partial charge in [-0.1, -0.05) is 62.1 Å². The van der Waals surface area contributed by atoms with Crippen molar-refractivity contribution in [3.05, 3.63) is 12.2 Å². The van der Waals surface area contributed by atoms with Crippen LogP contribution in [0.15, 0.2) is 12.2 Å². The van der Waals surface area contributed by atoms with Gasteiger partial charge in [0.2, 0.25) is 0 Å². The Morgan fingerprint density at radius 3 is 1.55 bits per heavy atom. The largest absolute Gasteiger partial charge is 0.424 e. The molecule has 0 aliphatic heterocycles. The van der Waals surface area contributed by atoms with Gasteiger partial charge in [-0.3, -0.25) is 0 Å². The first-order chi connectivity index (χ1) is 13.4. The van der Waals surface area contributed by atoms with Crippen LogP contribution in [-0.4, -0.2) is 31.6 Å². The summed E-state index contributed by atoms with van der Waals surface area (Å²) < 4.78 is 30.6. The highest BCUT2D eigenvalue weighted by Crippen LogP contribution is 2.55. The quantitative estimate of drug-likeness (QED) is 0.309. The monoisotopic (exact) mass is 458 g/mol. The average Bonchev–Trinajstić information content (AvgIpc) is 3.54. The predicted octanol–water partition coefficient (Wildman–Crippen LogP) is 9.54. The molecule has 4 bridgehead atoms. The van der Waals surface area contributed by atoms with Crippen molar-refractivity contribution in [2.45, 2.75) is 114 Å². The molecule has 0 N–H and O–H groups in total. The molecule has 5 atom stereocenters. The molecule has 0 aromatic heterocycles. The van der Waals surface area contributed by atoms with Gasteiger partial charge in [-0.25, -0.2) is 0 Å². The van der Waals surface area contributed by atoms with E-state index in [0.29, 0.717) is 0 Å². The van der Waals surface area contributed by atoms with Crippen LogP contribution in [0.1, 0.15) is 89.4 Å². The average molecular weight is 459 g/mol. The van der Waals surface area contributed by atoms with Gasteiger partial charge >= 0.3 is 0 Å². The molecule has 186 valence electrons. The van der Waals surface area contributed by atoms with Crippen LogP contribution in [0.5, 0.6) is 0 Å². The summed E-state index contributed by atoms with van der Waals surface area (Å²) in [5.74, 6) is 4.09. The smallest absolute Gasteiger partial charge is 0.189 e. The molecule has 0 spiro atoms. The van der Waals surface area contributed by atoms with Gasteiger partial charge in [0.25, 0.3) is 0 Å². The molecule has 0 heterocycles. The van der Waals surface area contributed by atoms with Crippen molar-refractivity contribution in [3.8, 4) is 0 Å². The lowest BCUT2D eigenvalue weighted by Gasteiger charge is -2.33. The summed E-state index contributed by atoms with van der Waals surface area (Å²) in [5, 5.41) is 0. The molecule has 29 heavy (non-hydrogen) atoms. The van der Waals surface area contributed by atoms with Crippen molar-refractivity contribution in [2.24, 2.45) is 23.7 Å². The molecule has 4 rings (SSSR count). The fraction of sp³-hybridized carbons (Fsp3) is 0.920. The lowest BCUT2D eigenvalue weighted by Crippen LogP contribution is -2.37. The fourth-order valence-corrected chi connectivity index (χ4v) is 7.61. The maximum absolute atomic E-state index is 5.71. The Bertz CT molecular complexity index is 418. The van der Waals surface area contributed by atoms with Crippen LogP contribution < -0.4 is 0 Å². The Labute approximate surface area is 197 Å². The highest BCUT2D eigenvalue weighted by molar-refractivity contribution is 6.72.